The van der Waals surface area contributed by atoms with Gasteiger partial charge in [-0.15, -0.1) is 0 Å². The summed E-state index contributed by atoms with van der Waals surface area (Å²) in [6, 6.07) is 8.33. The number of hydrogen-bond acceptors (Lipinski definition) is 2. The number of hydrogen-bond donors (Lipinski definition) is 2. The molecule has 1 heterocycles. The first-order valence-corrected chi connectivity index (χ1v) is 7.80. The minimum Gasteiger partial charge on any atom is -0.353 e. The fourth-order valence-corrected chi connectivity index (χ4v) is 3.68. The Bertz CT molecular complexity index is 504. The molecule has 0 aliphatic carbocycles. The standard InChI is InChI=1S/C18H28N2O/c1-13-8-6-7-9-14(13)10-16(21)19-15-11-17(2,3)20-18(4,5)12-15/h6-9,15,20H,10-12H2,1-5H3,(H,19,21). The fraction of sp³-hybridized carbons (Fsp3) is 0.611. The molecule has 116 valence electrons. The van der Waals surface area contributed by atoms with Crippen LogP contribution in [0, 0.1) is 6.92 Å². The molecule has 1 amide bonds. The van der Waals surface area contributed by atoms with Crippen LogP contribution < -0.4 is 10.6 Å². The summed E-state index contributed by atoms with van der Waals surface area (Å²) in [5.74, 6) is 0.128. The van der Waals surface area contributed by atoms with Crippen molar-refractivity contribution in [2.24, 2.45) is 0 Å². The highest BCUT2D eigenvalue weighted by molar-refractivity contribution is 5.79. The molecule has 0 radical (unpaired) electrons. The number of benzene rings is 1. The second-order valence-electron chi connectivity index (χ2n) is 7.67. The number of carbonyl (C=O) groups excluding carboxylic acids is 1. The maximum atomic E-state index is 12.3. The molecule has 21 heavy (non-hydrogen) atoms. The number of nitrogens with one attached hydrogen (secondary N) is 2. The number of piperidine rings is 1. The zero-order valence-corrected chi connectivity index (χ0v) is 13.9. The Morgan fingerprint density at radius 3 is 2.33 bits per heavy atom. The summed E-state index contributed by atoms with van der Waals surface area (Å²) in [4.78, 5) is 12.3. The van der Waals surface area contributed by atoms with E-state index < -0.39 is 0 Å². The minimum atomic E-state index is 0.0579. The predicted octanol–water partition coefficient (Wildman–Crippen LogP) is 2.96. The van der Waals surface area contributed by atoms with E-state index in [-0.39, 0.29) is 23.0 Å². The lowest BCUT2D eigenvalue weighted by Gasteiger charge is -2.46. The molecule has 0 unspecified atom stereocenters. The lowest BCUT2D eigenvalue weighted by molar-refractivity contribution is -0.121. The second kappa shape index (κ2) is 5.80. The second-order valence-corrected chi connectivity index (χ2v) is 7.67. The van der Waals surface area contributed by atoms with Crippen molar-refractivity contribution in [3.8, 4) is 0 Å². The molecule has 1 aromatic rings. The van der Waals surface area contributed by atoms with Crippen LogP contribution in [0.5, 0.6) is 0 Å². The summed E-state index contributed by atoms with van der Waals surface area (Å²) in [5.41, 5.74) is 2.41. The van der Waals surface area contributed by atoms with E-state index in [9.17, 15) is 4.79 Å². The topological polar surface area (TPSA) is 41.1 Å². The van der Waals surface area contributed by atoms with Crippen LogP contribution in [-0.4, -0.2) is 23.0 Å². The first kappa shape index (κ1) is 16.0. The molecule has 0 saturated carbocycles. The van der Waals surface area contributed by atoms with E-state index in [1.807, 2.05) is 18.2 Å². The Hall–Kier alpha value is -1.35. The molecule has 1 aromatic carbocycles. The van der Waals surface area contributed by atoms with Crippen LogP contribution in [0.3, 0.4) is 0 Å². The van der Waals surface area contributed by atoms with Crippen molar-refractivity contribution in [1.82, 2.24) is 10.6 Å². The molecule has 2 rings (SSSR count). The third kappa shape index (κ3) is 4.57. The summed E-state index contributed by atoms with van der Waals surface area (Å²) < 4.78 is 0. The van der Waals surface area contributed by atoms with E-state index in [2.05, 4.69) is 51.3 Å². The maximum absolute atomic E-state index is 12.3. The van der Waals surface area contributed by atoms with Gasteiger partial charge in [0.2, 0.25) is 5.91 Å². The quantitative estimate of drug-likeness (QED) is 0.898. The van der Waals surface area contributed by atoms with Crippen molar-refractivity contribution in [3.05, 3.63) is 35.4 Å². The van der Waals surface area contributed by atoms with Gasteiger partial charge in [0.05, 0.1) is 6.42 Å². The molecule has 0 bridgehead atoms. The van der Waals surface area contributed by atoms with Gasteiger partial charge in [0.25, 0.3) is 0 Å². The highest BCUT2D eigenvalue weighted by atomic mass is 16.1. The number of amides is 1. The van der Waals surface area contributed by atoms with Crippen LogP contribution in [0.4, 0.5) is 0 Å². The van der Waals surface area contributed by atoms with Gasteiger partial charge in [-0.2, -0.15) is 0 Å². The Morgan fingerprint density at radius 1 is 1.19 bits per heavy atom. The van der Waals surface area contributed by atoms with Gasteiger partial charge in [0.1, 0.15) is 0 Å². The molecular formula is C18H28N2O. The van der Waals surface area contributed by atoms with Crippen molar-refractivity contribution in [2.45, 2.75) is 71.0 Å². The van der Waals surface area contributed by atoms with Crippen LogP contribution in [-0.2, 0) is 11.2 Å². The first-order chi connectivity index (χ1) is 9.67. The Balaban J connectivity index is 1.98. The van der Waals surface area contributed by atoms with Gasteiger partial charge < -0.3 is 10.6 Å². The van der Waals surface area contributed by atoms with Crippen molar-refractivity contribution in [3.63, 3.8) is 0 Å². The van der Waals surface area contributed by atoms with E-state index >= 15 is 0 Å². The lowest BCUT2D eigenvalue weighted by Crippen LogP contribution is -2.62. The Labute approximate surface area is 128 Å². The molecule has 1 fully saturated rings. The van der Waals surface area contributed by atoms with Crippen molar-refractivity contribution in [1.29, 1.82) is 0 Å². The average molecular weight is 288 g/mol. The SMILES string of the molecule is Cc1ccccc1CC(=O)NC1CC(C)(C)NC(C)(C)C1. The van der Waals surface area contributed by atoms with Crippen LogP contribution in [0.25, 0.3) is 0 Å². The number of carbonyl (C=O) groups is 1. The zero-order chi connectivity index (χ0) is 15.7. The molecule has 3 nitrogen and oxygen atoms in total. The maximum Gasteiger partial charge on any atom is 0.224 e. The molecule has 3 heteroatoms. The summed E-state index contributed by atoms with van der Waals surface area (Å²) in [6.07, 6.45) is 2.41. The monoisotopic (exact) mass is 288 g/mol. The van der Waals surface area contributed by atoms with Gasteiger partial charge >= 0.3 is 0 Å². The zero-order valence-electron chi connectivity index (χ0n) is 13.9. The molecule has 1 aliphatic heterocycles. The van der Waals surface area contributed by atoms with E-state index in [0.717, 1.165) is 18.4 Å². The lowest BCUT2D eigenvalue weighted by atomic mass is 9.79. The summed E-state index contributed by atoms with van der Waals surface area (Å²) in [6.45, 7) is 10.9. The fourth-order valence-electron chi connectivity index (χ4n) is 3.68. The van der Waals surface area contributed by atoms with Crippen LogP contribution in [0.15, 0.2) is 24.3 Å². The number of aryl methyl sites for hydroxylation is 1. The normalized spacial score (nSPS) is 21.0. The minimum absolute atomic E-state index is 0.0579. The molecule has 0 spiro atoms. The van der Waals surface area contributed by atoms with Gasteiger partial charge in [-0.25, -0.2) is 0 Å². The summed E-state index contributed by atoms with van der Waals surface area (Å²) in [7, 11) is 0. The molecule has 1 aliphatic rings. The molecule has 0 aromatic heterocycles. The van der Waals surface area contributed by atoms with E-state index in [1.165, 1.54) is 5.56 Å². The predicted molar refractivity (Wildman–Crippen MR) is 87.3 cm³/mol. The highest BCUT2D eigenvalue weighted by Crippen LogP contribution is 2.28. The summed E-state index contributed by atoms with van der Waals surface area (Å²) in [5, 5.41) is 6.87. The average Bonchev–Trinajstić information content (AvgIpc) is 2.27. The summed E-state index contributed by atoms with van der Waals surface area (Å²) >= 11 is 0. The first-order valence-electron chi connectivity index (χ1n) is 7.80. The van der Waals surface area contributed by atoms with Crippen molar-refractivity contribution >= 4 is 5.91 Å². The third-order valence-corrected chi connectivity index (χ3v) is 4.17. The molecule has 1 saturated heterocycles. The van der Waals surface area contributed by atoms with Gasteiger partial charge in [-0.3, -0.25) is 4.79 Å². The van der Waals surface area contributed by atoms with E-state index in [1.54, 1.807) is 0 Å². The molecular weight excluding hydrogens is 260 g/mol. The van der Waals surface area contributed by atoms with Crippen molar-refractivity contribution < 1.29 is 4.79 Å². The Morgan fingerprint density at radius 2 is 1.76 bits per heavy atom. The van der Waals surface area contributed by atoms with Crippen LogP contribution in [0.1, 0.15) is 51.7 Å². The van der Waals surface area contributed by atoms with E-state index in [0.29, 0.717) is 6.42 Å². The van der Waals surface area contributed by atoms with Gasteiger partial charge in [0.15, 0.2) is 0 Å². The van der Waals surface area contributed by atoms with Gasteiger partial charge in [0, 0.05) is 17.1 Å². The molecule has 0 atom stereocenters. The molecule has 2 N–H and O–H groups in total. The van der Waals surface area contributed by atoms with E-state index in [4.69, 9.17) is 0 Å². The van der Waals surface area contributed by atoms with Crippen molar-refractivity contribution in [2.75, 3.05) is 0 Å². The highest BCUT2D eigenvalue weighted by Gasteiger charge is 2.38. The smallest absolute Gasteiger partial charge is 0.224 e. The van der Waals surface area contributed by atoms with Gasteiger partial charge in [-0.05, 0) is 58.6 Å². The number of rotatable bonds is 3. The largest absolute Gasteiger partial charge is 0.353 e. The van der Waals surface area contributed by atoms with Crippen LogP contribution in [0.2, 0.25) is 0 Å². The Kier molecular flexibility index (Phi) is 4.43. The third-order valence-electron chi connectivity index (χ3n) is 4.17. The van der Waals surface area contributed by atoms with Gasteiger partial charge in [-0.1, -0.05) is 24.3 Å². The van der Waals surface area contributed by atoms with Crippen LogP contribution >= 0.6 is 0 Å².